The fourth-order valence-corrected chi connectivity index (χ4v) is 2.58. The molecule has 0 fully saturated rings. The quantitative estimate of drug-likeness (QED) is 0.859. The number of halogens is 1. The van der Waals surface area contributed by atoms with Crippen molar-refractivity contribution in [1.29, 1.82) is 0 Å². The van der Waals surface area contributed by atoms with Crippen LogP contribution in [0.3, 0.4) is 0 Å². The molecule has 1 unspecified atom stereocenters. The lowest BCUT2D eigenvalue weighted by atomic mass is 10.1. The number of nitrogens with zero attached hydrogens (tertiary/aromatic N) is 3. The number of carbonyl (C=O) groups is 1. The molecule has 20 heavy (non-hydrogen) atoms. The molecule has 0 saturated heterocycles. The number of hydrogen-bond acceptors (Lipinski definition) is 3. The van der Waals surface area contributed by atoms with E-state index < -0.39 is 5.97 Å². The number of likely N-dealkylation sites (N-methyl/N-ethyl adjacent to an activating group) is 1. The van der Waals surface area contributed by atoms with E-state index >= 15 is 0 Å². The first kappa shape index (κ1) is 14.8. The molecule has 108 valence electrons. The van der Waals surface area contributed by atoms with Gasteiger partial charge in [0, 0.05) is 13.6 Å². The SMILES string of the molecule is Cc1nc2cc(C(Cl)CN(C)CC(=O)O)ccc2n1C. The van der Waals surface area contributed by atoms with Crippen LogP contribution in [0, 0.1) is 6.92 Å². The van der Waals surface area contributed by atoms with Crippen molar-refractivity contribution < 1.29 is 9.90 Å². The van der Waals surface area contributed by atoms with E-state index in [0.717, 1.165) is 22.4 Å². The Bertz CT molecular complexity index is 639. The number of aryl methyl sites for hydroxylation is 2. The lowest BCUT2D eigenvalue weighted by Crippen LogP contribution is -2.28. The number of fused-ring (bicyclic) bond motifs is 1. The summed E-state index contributed by atoms with van der Waals surface area (Å²) >= 11 is 6.36. The van der Waals surface area contributed by atoms with Gasteiger partial charge >= 0.3 is 5.97 Å². The van der Waals surface area contributed by atoms with Gasteiger partial charge in [-0.25, -0.2) is 4.98 Å². The van der Waals surface area contributed by atoms with E-state index in [0.29, 0.717) is 6.54 Å². The summed E-state index contributed by atoms with van der Waals surface area (Å²) in [5.41, 5.74) is 2.93. The summed E-state index contributed by atoms with van der Waals surface area (Å²) in [5, 5.41) is 8.49. The van der Waals surface area contributed by atoms with Crippen LogP contribution in [-0.2, 0) is 11.8 Å². The van der Waals surface area contributed by atoms with E-state index in [2.05, 4.69) is 4.98 Å². The lowest BCUT2D eigenvalue weighted by molar-refractivity contribution is -0.137. The molecule has 1 N–H and O–H groups in total. The second-order valence-electron chi connectivity index (χ2n) is 5.02. The summed E-state index contributed by atoms with van der Waals surface area (Å²) in [4.78, 5) is 16.8. The van der Waals surface area contributed by atoms with E-state index in [1.165, 1.54) is 0 Å². The van der Waals surface area contributed by atoms with Crippen molar-refractivity contribution in [1.82, 2.24) is 14.5 Å². The van der Waals surface area contributed by atoms with Crippen LogP contribution in [0.15, 0.2) is 18.2 Å². The van der Waals surface area contributed by atoms with Crippen molar-refractivity contribution in [2.75, 3.05) is 20.1 Å². The Morgan fingerprint density at radius 1 is 1.55 bits per heavy atom. The minimum atomic E-state index is -0.854. The number of imidazole rings is 1. The van der Waals surface area contributed by atoms with Crippen molar-refractivity contribution >= 4 is 28.6 Å². The zero-order chi connectivity index (χ0) is 14.9. The fraction of sp³-hybridized carbons (Fsp3) is 0.429. The Kier molecular flexibility index (Phi) is 4.30. The Morgan fingerprint density at radius 2 is 2.25 bits per heavy atom. The summed E-state index contributed by atoms with van der Waals surface area (Å²) < 4.78 is 2.03. The smallest absolute Gasteiger partial charge is 0.317 e. The maximum Gasteiger partial charge on any atom is 0.317 e. The highest BCUT2D eigenvalue weighted by atomic mass is 35.5. The summed E-state index contributed by atoms with van der Waals surface area (Å²) in [6.07, 6.45) is 0. The van der Waals surface area contributed by atoms with Gasteiger partial charge in [-0.2, -0.15) is 0 Å². The van der Waals surface area contributed by atoms with Crippen molar-refractivity contribution in [3.63, 3.8) is 0 Å². The number of aromatic nitrogens is 2. The van der Waals surface area contributed by atoms with Gasteiger partial charge in [-0.3, -0.25) is 9.69 Å². The first-order chi connectivity index (χ1) is 9.38. The van der Waals surface area contributed by atoms with Crippen LogP contribution >= 0.6 is 11.6 Å². The molecule has 2 rings (SSSR count). The van der Waals surface area contributed by atoms with E-state index in [9.17, 15) is 4.79 Å². The van der Waals surface area contributed by atoms with Crippen molar-refractivity contribution in [3.05, 3.63) is 29.6 Å². The van der Waals surface area contributed by atoms with Crippen molar-refractivity contribution in [2.24, 2.45) is 7.05 Å². The number of hydrogen-bond donors (Lipinski definition) is 1. The molecule has 0 aliphatic rings. The first-order valence-corrected chi connectivity index (χ1v) is 6.79. The van der Waals surface area contributed by atoms with Gasteiger partial charge in [-0.05, 0) is 31.7 Å². The second-order valence-corrected chi connectivity index (χ2v) is 5.55. The standard InChI is InChI=1S/C14H18ClN3O2/c1-9-16-12-6-10(4-5-13(12)18(9)3)11(15)7-17(2)8-14(19)20/h4-6,11H,7-8H2,1-3H3,(H,19,20). The van der Waals surface area contributed by atoms with E-state index in [4.69, 9.17) is 16.7 Å². The van der Waals surface area contributed by atoms with Crippen LogP contribution in [0.1, 0.15) is 16.8 Å². The van der Waals surface area contributed by atoms with Crippen LogP contribution in [0.4, 0.5) is 0 Å². The molecule has 0 saturated carbocycles. The monoisotopic (exact) mass is 295 g/mol. The van der Waals surface area contributed by atoms with Gasteiger partial charge in [0.15, 0.2) is 0 Å². The molecule has 0 radical (unpaired) electrons. The Balaban J connectivity index is 2.18. The van der Waals surface area contributed by atoms with Crippen LogP contribution in [0.2, 0.25) is 0 Å². The molecule has 6 heteroatoms. The number of alkyl halides is 1. The van der Waals surface area contributed by atoms with E-state index in [-0.39, 0.29) is 11.9 Å². The maximum absolute atomic E-state index is 10.6. The van der Waals surface area contributed by atoms with Gasteiger partial charge in [-0.15, -0.1) is 11.6 Å². The molecule has 1 aromatic heterocycles. The Morgan fingerprint density at radius 3 is 2.90 bits per heavy atom. The van der Waals surface area contributed by atoms with E-state index in [1.54, 1.807) is 11.9 Å². The van der Waals surface area contributed by atoms with Gasteiger partial charge in [0.2, 0.25) is 0 Å². The first-order valence-electron chi connectivity index (χ1n) is 6.36. The minimum Gasteiger partial charge on any atom is -0.480 e. The average molecular weight is 296 g/mol. The molecular formula is C14H18ClN3O2. The highest BCUT2D eigenvalue weighted by Crippen LogP contribution is 2.25. The number of carboxylic acid groups (broad SMARTS) is 1. The summed E-state index contributed by atoms with van der Waals surface area (Å²) in [5.74, 6) is 0.0958. The highest BCUT2D eigenvalue weighted by molar-refractivity contribution is 6.21. The topological polar surface area (TPSA) is 58.4 Å². The van der Waals surface area contributed by atoms with Crippen molar-refractivity contribution in [3.8, 4) is 0 Å². The minimum absolute atomic E-state index is 0.0197. The summed E-state index contributed by atoms with van der Waals surface area (Å²) in [6, 6.07) is 5.93. The predicted octanol–water partition coefficient (Wildman–Crippen LogP) is 2.18. The summed E-state index contributed by atoms with van der Waals surface area (Å²) in [7, 11) is 3.72. The predicted molar refractivity (Wildman–Crippen MR) is 79.2 cm³/mol. The van der Waals surface area contributed by atoms with Crippen LogP contribution < -0.4 is 0 Å². The number of carboxylic acids is 1. The highest BCUT2D eigenvalue weighted by Gasteiger charge is 2.14. The van der Waals surface area contributed by atoms with Crippen LogP contribution in [0.25, 0.3) is 11.0 Å². The van der Waals surface area contributed by atoms with Crippen LogP contribution in [-0.4, -0.2) is 45.7 Å². The second kappa shape index (κ2) is 5.81. The van der Waals surface area contributed by atoms with Crippen LogP contribution in [0.5, 0.6) is 0 Å². The number of rotatable bonds is 5. The molecule has 0 aliphatic heterocycles. The fourth-order valence-electron chi connectivity index (χ4n) is 2.21. The molecule has 0 amide bonds. The largest absolute Gasteiger partial charge is 0.480 e. The normalized spacial score (nSPS) is 13.1. The van der Waals surface area contributed by atoms with Gasteiger partial charge in [-0.1, -0.05) is 6.07 Å². The molecule has 5 nitrogen and oxygen atoms in total. The van der Waals surface area contributed by atoms with E-state index in [1.807, 2.05) is 36.7 Å². The van der Waals surface area contributed by atoms with Gasteiger partial charge in [0.1, 0.15) is 5.82 Å². The zero-order valence-electron chi connectivity index (χ0n) is 11.8. The van der Waals surface area contributed by atoms with Gasteiger partial charge < -0.3 is 9.67 Å². The third-order valence-corrected chi connectivity index (χ3v) is 3.76. The van der Waals surface area contributed by atoms with Crippen molar-refractivity contribution in [2.45, 2.75) is 12.3 Å². The molecule has 1 aromatic carbocycles. The zero-order valence-corrected chi connectivity index (χ0v) is 12.6. The molecule has 0 aliphatic carbocycles. The summed E-state index contributed by atoms with van der Waals surface area (Å²) in [6.45, 7) is 2.41. The third-order valence-electron chi connectivity index (χ3n) is 3.37. The molecule has 1 atom stereocenters. The lowest BCUT2D eigenvalue weighted by Gasteiger charge is -2.18. The average Bonchev–Trinajstić information content (AvgIpc) is 2.63. The molecule has 1 heterocycles. The maximum atomic E-state index is 10.6. The molecular weight excluding hydrogens is 278 g/mol. The molecule has 2 aromatic rings. The third kappa shape index (κ3) is 3.11. The van der Waals surface area contributed by atoms with Gasteiger partial charge in [0.05, 0.1) is 23.0 Å². The molecule has 0 bridgehead atoms. The van der Waals surface area contributed by atoms with Gasteiger partial charge in [0.25, 0.3) is 0 Å². The Hall–Kier alpha value is -1.59. The Labute approximate surface area is 122 Å². The number of aliphatic carboxylic acids is 1. The number of benzene rings is 1. The molecule has 0 spiro atoms.